The summed E-state index contributed by atoms with van der Waals surface area (Å²) in [5, 5.41) is 11.0. The molecule has 1 unspecified atom stereocenters. The van der Waals surface area contributed by atoms with E-state index >= 15 is 0 Å². The molecule has 7 heteroatoms. The van der Waals surface area contributed by atoms with Crippen molar-refractivity contribution in [1.29, 1.82) is 0 Å². The average Bonchev–Trinajstić information content (AvgIpc) is 3.07. The Kier molecular flexibility index (Phi) is 3.25. The maximum atomic E-state index is 12.7. The SMILES string of the molecule is O=C(Cn1cnnn1)N1CC2CCCCN2c2ccccc21. The minimum Gasteiger partial charge on any atom is -0.365 e. The van der Waals surface area contributed by atoms with Crippen molar-refractivity contribution < 1.29 is 4.79 Å². The van der Waals surface area contributed by atoms with E-state index < -0.39 is 0 Å². The number of hydrogen-bond donors (Lipinski definition) is 0. The molecule has 1 atom stereocenters. The molecule has 1 aromatic carbocycles. The van der Waals surface area contributed by atoms with Gasteiger partial charge in [-0.15, -0.1) is 5.10 Å². The first-order chi connectivity index (χ1) is 10.8. The number of aromatic nitrogens is 4. The van der Waals surface area contributed by atoms with Gasteiger partial charge in [-0.05, 0) is 41.8 Å². The Bertz CT molecular complexity index is 670. The predicted octanol–water partition coefficient (Wildman–Crippen LogP) is 1.08. The quantitative estimate of drug-likeness (QED) is 0.830. The third kappa shape index (κ3) is 2.22. The molecule has 0 aliphatic carbocycles. The van der Waals surface area contributed by atoms with Gasteiger partial charge in [0.2, 0.25) is 5.91 Å². The van der Waals surface area contributed by atoms with E-state index in [-0.39, 0.29) is 12.5 Å². The van der Waals surface area contributed by atoms with Crippen LogP contribution in [-0.4, -0.2) is 45.2 Å². The Balaban J connectivity index is 1.65. The molecule has 1 fully saturated rings. The second-order valence-electron chi connectivity index (χ2n) is 5.84. The fourth-order valence-electron chi connectivity index (χ4n) is 3.46. The molecule has 0 saturated carbocycles. The van der Waals surface area contributed by atoms with Crippen LogP contribution in [0.5, 0.6) is 0 Å². The van der Waals surface area contributed by atoms with Crippen LogP contribution in [0, 0.1) is 0 Å². The minimum atomic E-state index is 0.0324. The van der Waals surface area contributed by atoms with Crippen LogP contribution in [-0.2, 0) is 11.3 Å². The topological polar surface area (TPSA) is 67.2 Å². The highest BCUT2D eigenvalue weighted by atomic mass is 16.2. The molecule has 0 spiro atoms. The zero-order valence-corrected chi connectivity index (χ0v) is 12.3. The van der Waals surface area contributed by atoms with Gasteiger partial charge in [0.15, 0.2) is 0 Å². The Morgan fingerprint density at radius 3 is 2.91 bits per heavy atom. The first-order valence-corrected chi connectivity index (χ1v) is 7.70. The Morgan fingerprint density at radius 2 is 2.09 bits per heavy atom. The number of piperidine rings is 1. The number of anilines is 2. The molecule has 4 rings (SSSR count). The molecule has 2 aliphatic heterocycles. The zero-order chi connectivity index (χ0) is 14.9. The molecule has 1 aromatic heterocycles. The number of nitrogens with zero attached hydrogens (tertiary/aromatic N) is 6. The maximum Gasteiger partial charge on any atom is 0.248 e. The van der Waals surface area contributed by atoms with Crippen LogP contribution in [0.2, 0.25) is 0 Å². The number of amides is 1. The van der Waals surface area contributed by atoms with E-state index in [2.05, 4.69) is 26.5 Å². The molecule has 114 valence electrons. The zero-order valence-electron chi connectivity index (χ0n) is 12.3. The summed E-state index contributed by atoms with van der Waals surface area (Å²) in [5.41, 5.74) is 2.17. The molecular formula is C15H18N6O. The smallest absolute Gasteiger partial charge is 0.248 e. The van der Waals surface area contributed by atoms with Gasteiger partial charge < -0.3 is 9.80 Å². The molecule has 0 bridgehead atoms. The second-order valence-corrected chi connectivity index (χ2v) is 5.84. The van der Waals surface area contributed by atoms with E-state index in [1.807, 2.05) is 23.1 Å². The standard InChI is InChI=1S/C15H18N6O/c22-15(10-19-11-16-17-18-19)21-9-12-5-3-4-8-20(12)13-6-1-2-7-14(13)21/h1-2,6-7,11-12H,3-5,8-10H2. The third-order valence-corrected chi connectivity index (χ3v) is 4.49. The first-order valence-electron chi connectivity index (χ1n) is 7.70. The summed E-state index contributed by atoms with van der Waals surface area (Å²) in [6.45, 7) is 2.00. The van der Waals surface area contributed by atoms with E-state index in [4.69, 9.17) is 0 Å². The lowest BCUT2D eigenvalue weighted by molar-refractivity contribution is -0.119. The Labute approximate surface area is 128 Å². The summed E-state index contributed by atoms with van der Waals surface area (Å²) in [7, 11) is 0. The monoisotopic (exact) mass is 298 g/mol. The van der Waals surface area contributed by atoms with Crippen LogP contribution in [0.15, 0.2) is 30.6 Å². The van der Waals surface area contributed by atoms with Gasteiger partial charge in [0, 0.05) is 19.1 Å². The first kappa shape index (κ1) is 13.2. The number of hydrogen-bond acceptors (Lipinski definition) is 5. The average molecular weight is 298 g/mol. The van der Waals surface area contributed by atoms with Crippen LogP contribution >= 0.6 is 0 Å². The molecule has 7 nitrogen and oxygen atoms in total. The number of fused-ring (bicyclic) bond motifs is 3. The Hall–Kier alpha value is -2.44. The predicted molar refractivity (Wildman–Crippen MR) is 81.6 cm³/mol. The van der Waals surface area contributed by atoms with E-state index in [1.54, 1.807) is 0 Å². The van der Waals surface area contributed by atoms with Crippen LogP contribution in [0.3, 0.4) is 0 Å². The van der Waals surface area contributed by atoms with Crippen LogP contribution in [0.1, 0.15) is 19.3 Å². The van der Waals surface area contributed by atoms with Crippen LogP contribution in [0.4, 0.5) is 11.4 Å². The van der Waals surface area contributed by atoms with Crippen molar-refractivity contribution in [1.82, 2.24) is 20.2 Å². The van der Waals surface area contributed by atoms with Gasteiger partial charge in [-0.1, -0.05) is 12.1 Å². The van der Waals surface area contributed by atoms with Crippen molar-refractivity contribution >= 4 is 17.3 Å². The second kappa shape index (κ2) is 5.40. The Morgan fingerprint density at radius 1 is 1.23 bits per heavy atom. The molecule has 0 N–H and O–H groups in total. The van der Waals surface area contributed by atoms with Gasteiger partial charge in [0.05, 0.1) is 11.4 Å². The van der Waals surface area contributed by atoms with Crippen molar-refractivity contribution in [3.63, 3.8) is 0 Å². The van der Waals surface area contributed by atoms with E-state index in [1.165, 1.54) is 29.5 Å². The fraction of sp³-hybridized carbons (Fsp3) is 0.467. The van der Waals surface area contributed by atoms with Crippen LogP contribution < -0.4 is 9.80 Å². The molecule has 3 heterocycles. The summed E-state index contributed by atoms with van der Waals surface area (Å²) < 4.78 is 1.47. The molecule has 22 heavy (non-hydrogen) atoms. The maximum absolute atomic E-state index is 12.7. The van der Waals surface area contributed by atoms with Gasteiger partial charge >= 0.3 is 0 Å². The van der Waals surface area contributed by atoms with E-state index in [0.29, 0.717) is 6.04 Å². The molecule has 1 saturated heterocycles. The lowest BCUT2D eigenvalue weighted by atomic mass is 9.97. The number of carbonyl (C=O) groups excluding carboxylic acids is 1. The highest BCUT2D eigenvalue weighted by molar-refractivity contribution is 5.98. The fourth-order valence-corrected chi connectivity index (χ4v) is 3.46. The van der Waals surface area contributed by atoms with Crippen molar-refractivity contribution in [2.45, 2.75) is 31.8 Å². The van der Waals surface area contributed by atoms with Gasteiger partial charge in [-0.2, -0.15) is 0 Å². The third-order valence-electron chi connectivity index (χ3n) is 4.49. The van der Waals surface area contributed by atoms with Crippen LogP contribution in [0.25, 0.3) is 0 Å². The van der Waals surface area contributed by atoms with Gasteiger partial charge in [-0.3, -0.25) is 4.79 Å². The number of benzene rings is 1. The summed E-state index contributed by atoms with van der Waals surface area (Å²) in [4.78, 5) is 17.0. The lowest BCUT2D eigenvalue weighted by Gasteiger charge is -2.46. The molecule has 0 radical (unpaired) electrons. The lowest BCUT2D eigenvalue weighted by Crippen LogP contribution is -2.53. The van der Waals surface area contributed by atoms with Crippen molar-refractivity contribution in [2.75, 3.05) is 22.9 Å². The van der Waals surface area contributed by atoms with Crippen molar-refractivity contribution in [3.8, 4) is 0 Å². The van der Waals surface area contributed by atoms with Crippen molar-refractivity contribution in [2.24, 2.45) is 0 Å². The summed E-state index contributed by atoms with van der Waals surface area (Å²) in [5.74, 6) is 0.0324. The number of para-hydroxylation sites is 2. The summed E-state index contributed by atoms with van der Waals surface area (Å²) in [6.07, 6.45) is 5.07. The number of carbonyl (C=O) groups is 1. The summed E-state index contributed by atoms with van der Waals surface area (Å²) in [6, 6.07) is 8.59. The van der Waals surface area contributed by atoms with Gasteiger partial charge in [0.1, 0.15) is 12.9 Å². The minimum absolute atomic E-state index is 0.0324. The molecular weight excluding hydrogens is 280 g/mol. The van der Waals surface area contributed by atoms with E-state index in [9.17, 15) is 4.79 Å². The number of rotatable bonds is 2. The molecule has 2 aliphatic rings. The highest BCUT2D eigenvalue weighted by Gasteiger charge is 2.34. The highest BCUT2D eigenvalue weighted by Crippen LogP contribution is 2.38. The normalized spacial score (nSPS) is 20.5. The molecule has 2 aromatic rings. The van der Waals surface area contributed by atoms with Gasteiger partial charge in [0.25, 0.3) is 0 Å². The molecule has 1 amide bonds. The summed E-state index contributed by atoms with van der Waals surface area (Å²) >= 11 is 0. The van der Waals surface area contributed by atoms with Crippen molar-refractivity contribution in [3.05, 3.63) is 30.6 Å². The van der Waals surface area contributed by atoms with E-state index in [0.717, 1.165) is 25.2 Å². The van der Waals surface area contributed by atoms with Gasteiger partial charge in [-0.25, -0.2) is 4.68 Å². The number of tetrazole rings is 1. The largest absolute Gasteiger partial charge is 0.365 e.